The molecular formula is C31H23BrN4O2. The topological polar surface area (TPSA) is 82.7 Å². The van der Waals surface area contributed by atoms with Crippen molar-refractivity contribution < 1.29 is 9.59 Å². The lowest BCUT2D eigenvalue weighted by Gasteiger charge is -2.05. The molecule has 3 aromatic carbocycles. The van der Waals surface area contributed by atoms with Crippen molar-refractivity contribution in [3.63, 3.8) is 0 Å². The van der Waals surface area contributed by atoms with Crippen molar-refractivity contribution in [1.82, 2.24) is 19.9 Å². The Bertz CT molecular complexity index is 1940. The monoisotopic (exact) mass is 562 g/mol. The molecule has 0 saturated carbocycles. The molecule has 4 heterocycles. The molecule has 0 aliphatic carbocycles. The van der Waals surface area contributed by atoms with Gasteiger partial charge in [0.1, 0.15) is 0 Å². The van der Waals surface area contributed by atoms with Crippen LogP contribution in [-0.4, -0.2) is 26.3 Å². The summed E-state index contributed by atoms with van der Waals surface area (Å²) in [6.45, 7) is 0.790. The quantitative estimate of drug-likeness (QED) is 0.201. The molecule has 0 radical (unpaired) electrons. The second-order valence-corrected chi connectivity index (χ2v) is 10.6. The molecule has 186 valence electrons. The first-order valence-corrected chi connectivity index (χ1v) is 13.4. The summed E-state index contributed by atoms with van der Waals surface area (Å²) in [5.41, 5.74) is 6.71. The summed E-state index contributed by atoms with van der Waals surface area (Å²) in [6.07, 6.45) is 7.80. The maximum absolute atomic E-state index is 13.2. The first kappa shape index (κ1) is 22.8. The molecule has 3 aromatic heterocycles. The standard InChI is InChI=1S/C31H23BrN4O2/c32-19-11-12-26-22(14-19)23(16-34-26)28-29(31(38)35-30(28)37)24-17-36(27-10-4-2-8-21(24)27)13-5-6-18-15-33-25-9-3-1-7-20(18)25/h1-4,7-12,14-17,33-34H,5-6,13H2,(H,35,37,38). The molecular weight excluding hydrogens is 540 g/mol. The van der Waals surface area contributed by atoms with Crippen LogP contribution in [0.25, 0.3) is 43.9 Å². The Morgan fingerprint density at radius 3 is 2.32 bits per heavy atom. The molecule has 6 aromatic rings. The number of hydrogen-bond acceptors (Lipinski definition) is 2. The highest BCUT2D eigenvalue weighted by Crippen LogP contribution is 2.39. The SMILES string of the molecule is O=C1NC(=O)C(c2cn(CCCc3c[nH]c4ccccc34)c3ccccc23)=C1c1c[nH]c2ccc(Br)cc12. The average molecular weight is 563 g/mol. The van der Waals surface area contributed by atoms with E-state index in [-0.39, 0.29) is 11.8 Å². The predicted octanol–water partition coefficient (Wildman–Crippen LogP) is 6.57. The number of aryl methyl sites for hydroxylation is 2. The Morgan fingerprint density at radius 1 is 0.737 bits per heavy atom. The molecule has 1 aliphatic heterocycles. The van der Waals surface area contributed by atoms with E-state index in [1.807, 2.05) is 54.9 Å². The summed E-state index contributed by atoms with van der Waals surface area (Å²) in [6, 6.07) is 22.3. The number of fused-ring (bicyclic) bond motifs is 3. The average Bonchev–Trinajstić information content (AvgIpc) is 3.68. The molecule has 38 heavy (non-hydrogen) atoms. The van der Waals surface area contributed by atoms with Crippen LogP contribution in [0.5, 0.6) is 0 Å². The van der Waals surface area contributed by atoms with Gasteiger partial charge in [0.2, 0.25) is 0 Å². The van der Waals surface area contributed by atoms with E-state index in [1.165, 1.54) is 10.9 Å². The van der Waals surface area contributed by atoms with Crippen molar-refractivity contribution in [2.75, 3.05) is 0 Å². The normalized spacial score (nSPS) is 13.9. The summed E-state index contributed by atoms with van der Waals surface area (Å²) < 4.78 is 3.11. The van der Waals surface area contributed by atoms with Gasteiger partial charge in [-0.3, -0.25) is 14.9 Å². The van der Waals surface area contributed by atoms with Crippen LogP contribution in [0.2, 0.25) is 0 Å². The fourth-order valence-corrected chi connectivity index (χ4v) is 6.04. The van der Waals surface area contributed by atoms with Gasteiger partial charge in [-0.15, -0.1) is 0 Å². The maximum atomic E-state index is 13.2. The summed E-state index contributed by atoms with van der Waals surface area (Å²) in [7, 11) is 0. The Labute approximate surface area is 226 Å². The van der Waals surface area contributed by atoms with Crippen molar-refractivity contribution in [1.29, 1.82) is 0 Å². The fourth-order valence-electron chi connectivity index (χ4n) is 5.68. The molecule has 0 atom stereocenters. The highest BCUT2D eigenvalue weighted by Gasteiger charge is 2.35. The van der Waals surface area contributed by atoms with Gasteiger partial charge in [-0.2, -0.15) is 0 Å². The molecule has 6 nitrogen and oxygen atoms in total. The molecule has 0 bridgehead atoms. The largest absolute Gasteiger partial charge is 0.361 e. The minimum absolute atomic E-state index is 0.365. The summed E-state index contributed by atoms with van der Waals surface area (Å²) in [5.74, 6) is -0.738. The second-order valence-electron chi connectivity index (χ2n) is 9.64. The van der Waals surface area contributed by atoms with Crippen molar-refractivity contribution in [2.24, 2.45) is 0 Å². The van der Waals surface area contributed by atoms with Crippen LogP contribution in [0.15, 0.2) is 89.8 Å². The Morgan fingerprint density at radius 2 is 1.45 bits per heavy atom. The zero-order valence-electron chi connectivity index (χ0n) is 20.3. The van der Waals surface area contributed by atoms with Crippen LogP contribution in [0.4, 0.5) is 0 Å². The van der Waals surface area contributed by atoms with E-state index in [2.05, 4.69) is 66.2 Å². The summed E-state index contributed by atoms with van der Waals surface area (Å²) in [4.78, 5) is 32.9. The van der Waals surface area contributed by atoms with Gasteiger partial charge < -0.3 is 14.5 Å². The molecule has 7 rings (SSSR count). The molecule has 2 amide bonds. The maximum Gasteiger partial charge on any atom is 0.259 e. The van der Waals surface area contributed by atoms with Crippen LogP contribution in [0.3, 0.4) is 0 Å². The second kappa shape index (κ2) is 8.89. The third-order valence-electron chi connectivity index (χ3n) is 7.42. The molecule has 7 heteroatoms. The third-order valence-corrected chi connectivity index (χ3v) is 7.92. The van der Waals surface area contributed by atoms with E-state index in [0.717, 1.165) is 62.3 Å². The van der Waals surface area contributed by atoms with Crippen LogP contribution >= 0.6 is 15.9 Å². The number of imide groups is 1. The van der Waals surface area contributed by atoms with Gasteiger partial charge >= 0.3 is 0 Å². The zero-order valence-corrected chi connectivity index (χ0v) is 21.9. The first-order valence-electron chi connectivity index (χ1n) is 12.6. The minimum Gasteiger partial charge on any atom is -0.361 e. The number of rotatable bonds is 6. The number of H-pyrrole nitrogens is 2. The number of amides is 2. The van der Waals surface area contributed by atoms with Crippen LogP contribution in [0.1, 0.15) is 23.1 Å². The number of carbonyl (C=O) groups excluding carboxylic acids is 2. The van der Waals surface area contributed by atoms with Gasteiger partial charge in [-0.25, -0.2) is 0 Å². The molecule has 0 fully saturated rings. The molecule has 3 N–H and O–H groups in total. The third kappa shape index (κ3) is 3.62. The van der Waals surface area contributed by atoms with Crippen molar-refractivity contribution in [2.45, 2.75) is 19.4 Å². The van der Waals surface area contributed by atoms with E-state index in [4.69, 9.17) is 0 Å². The number of nitrogens with zero attached hydrogens (tertiary/aromatic N) is 1. The Kier molecular flexibility index (Phi) is 5.33. The van der Waals surface area contributed by atoms with Crippen molar-refractivity contribution in [3.8, 4) is 0 Å². The lowest BCUT2D eigenvalue weighted by molar-refractivity contribution is -0.122. The van der Waals surface area contributed by atoms with E-state index in [1.54, 1.807) is 0 Å². The number of nitrogens with one attached hydrogen (secondary N) is 3. The minimum atomic E-state index is -0.373. The van der Waals surface area contributed by atoms with E-state index >= 15 is 0 Å². The van der Waals surface area contributed by atoms with Crippen molar-refractivity contribution >= 4 is 71.6 Å². The Balaban J connectivity index is 1.30. The number of benzene rings is 3. The van der Waals surface area contributed by atoms with Crippen LogP contribution in [0, 0.1) is 0 Å². The summed E-state index contributed by atoms with van der Waals surface area (Å²) in [5, 5.41) is 5.65. The summed E-state index contributed by atoms with van der Waals surface area (Å²) >= 11 is 3.53. The van der Waals surface area contributed by atoms with E-state index < -0.39 is 0 Å². The first-order chi connectivity index (χ1) is 18.6. The Hall–Kier alpha value is -4.36. The lowest BCUT2D eigenvalue weighted by atomic mass is 9.95. The molecule has 0 unspecified atom stereocenters. The van der Waals surface area contributed by atoms with Gasteiger partial charge in [0.05, 0.1) is 11.1 Å². The van der Waals surface area contributed by atoms with Gasteiger partial charge in [0.15, 0.2) is 0 Å². The van der Waals surface area contributed by atoms with Gasteiger partial charge in [0, 0.05) is 73.4 Å². The van der Waals surface area contributed by atoms with Gasteiger partial charge in [0.25, 0.3) is 11.8 Å². The zero-order chi connectivity index (χ0) is 25.8. The van der Waals surface area contributed by atoms with Crippen LogP contribution in [-0.2, 0) is 22.6 Å². The highest BCUT2D eigenvalue weighted by molar-refractivity contribution is 9.10. The number of aromatic nitrogens is 3. The van der Waals surface area contributed by atoms with Gasteiger partial charge in [-0.1, -0.05) is 52.3 Å². The predicted molar refractivity (Wildman–Crippen MR) is 155 cm³/mol. The highest BCUT2D eigenvalue weighted by atomic mass is 79.9. The van der Waals surface area contributed by atoms with Gasteiger partial charge in [-0.05, 0) is 48.7 Å². The number of halogens is 1. The number of hydrogen-bond donors (Lipinski definition) is 3. The van der Waals surface area contributed by atoms with E-state index in [0.29, 0.717) is 11.1 Å². The lowest BCUT2D eigenvalue weighted by Crippen LogP contribution is -2.22. The fraction of sp³-hybridized carbons (Fsp3) is 0.0968. The number of carbonyl (C=O) groups is 2. The van der Waals surface area contributed by atoms with E-state index in [9.17, 15) is 9.59 Å². The molecule has 0 spiro atoms. The molecule has 0 saturated heterocycles. The molecule has 1 aliphatic rings. The smallest absolute Gasteiger partial charge is 0.259 e. The van der Waals surface area contributed by atoms with Crippen molar-refractivity contribution in [3.05, 3.63) is 106 Å². The number of aromatic amines is 2. The van der Waals surface area contributed by atoms with Crippen LogP contribution < -0.4 is 5.32 Å². The number of para-hydroxylation sites is 2.